The third-order valence-electron chi connectivity index (χ3n) is 4.39. The Labute approximate surface area is 151 Å². The van der Waals surface area contributed by atoms with E-state index in [-0.39, 0.29) is 12.0 Å². The lowest BCUT2D eigenvalue weighted by atomic mass is 10.1. The van der Waals surface area contributed by atoms with E-state index in [1.807, 2.05) is 30.3 Å². The number of aromatic amines is 1. The summed E-state index contributed by atoms with van der Waals surface area (Å²) >= 11 is 0. The number of ether oxygens (including phenoxy) is 1. The quantitative estimate of drug-likeness (QED) is 0.782. The zero-order valence-corrected chi connectivity index (χ0v) is 14.2. The van der Waals surface area contributed by atoms with Crippen molar-refractivity contribution in [2.24, 2.45) is 0 Å². The van der Waals surface area contributed by atoms with Crippen molar-refractivity contribution < 1.29 is 9.53 Å². The minimum absolute atomic E-state index is 0.0596. The second-order valence-corrected chi connectivity index (χ2v) is 6.21. The average Bonchev–Trinajstić information content (AvgIpc) is 3.19. The molecular weight excluding hydrogens is 330 g/mol. The lowest BCUT2D eigenvalue weighted by Crippen LogP contribution is -2.44. The molecule has 0 spiro atoms. The minimum atomic E-state index is -0.0703. The molecule has 1 saturated heterocycles. The molecule has 7 heteroatoms. The fraction of sp³-hybridized carbons (Fsp3) is 0.263. The van der Waals surface area contributed by atoms with Crippen LogP contribution in [0.5, 0.6) is 5.88 Å². The molecule has 1 aliphatic heterocycles. The van der Waals surface area contributed by atoms with E-state index in [1.165, 1.54) is 6.33 Å². The summed E-state index contributed by atoms with van der Waals surface area (Å²) in [5.74, 6) is 0.475. The third-order valence-corrected chi connectivity index (χ3v) is 4.39. The Bertz CT molecular complexity index is 866. The highest BCUT2D eigenvalue weighted by molar-refractivity contribution is 5.93. The van der Waals surface area contributed by atoms with E-state index in [1.54, 1.807) is 23.2 Å². The largest absolute Gasteiger partial charge is 0.472 e. The van der Waals surface area contributed by atoms with Crippen molar-refractivity contribution in [3.05, 3.63) is 60.7 Å². The smallest absolute Gasteiger partial charge is 0.272 e. The molecule has 0 radical (unpaired) electrons. The van der Waals surface area contributed by atoms with Gasteiger partial charge in [0.2, 0.25) is 5.88 Å². The molecule has 3 aromatic rings. The van der Waals surface area contributed by atoms with Gasteiger partial charge in [-0.1, -0.05) is 30.3 Å². The molecule has 2 aromatic heterocycles. The Hall–Kier alpha value is -3.22. The first-order valence-corrected chi connectivity index (χ1v) is 8.62. The van der Waals surface area contributed by atoms with E-state index in [2.05, 4.69) is 20.2 Å². The monoisotopic (exact) mass is 349 g/mol. The van der Waals surface area contributed by atoms with Crippen LogP contribution in [0.15, 0.2) is 55.0 Å². The van der Waals surface area contributed by atoms with Gasteiger partial charge in [0, 0.05) is 24.4 Å². The molecule has 0 unspecified atom stereocenters. The molecule has 0 aliphatic carbocycles. The highest BCUT2D eigenvalue weighted by atomic mass is 16.5. The Morgan fingerprint density at radius 3 is 2.92 bits per heavy atom. The first-order valence-electron chi connectivity index (χ1n) is 8.62. The van der Waals surface area contributed by atoms with Gasteiger partial charge in [-0.15, -0.1) is 0 Å². The number of nitrogens with one attached hydrogen (secondary N) is 1. The van der Waals surface area contributed by atoms with E-state index < -0.39 is 0 Å². The molecule has 1 aliphatic rings. The number of piperidine rings is 1. The Morgan fingerprint density at radius 2 is 2.12 bits per heavy atom. The van der Waals surface area contributed by atoms with E-state index in [0.717, 1.165) is 24.1 Å². The average molecular weight is 349 g/mol. The highest BCUT2D eigenvalue weighted by Gasteiger charge is 2.27. The Kier molecular flexibility index (Phi) is 4.59. The van der Waals surface area contributed by atoms with Crippen LogP contribution in [0, 0.1) is 0 Å². The number of amides is 1. The minimum Gasteiger partial charge on any atom is -0.472 e. The van der Waals surface area contributed by atoms with E-state index in [9.17, 15) is 4.79 Å². The fourth-order valence-corrected chi connectivity index (χ4v) is 3.10. The van der Waals surface area contributed by atoms with Crippen LogP contribution >= 0.6 is 0 Å². The van der Waals surface area contributed by atoms with Crippen LogP contribution in [0.1, 0.15) is 23.3 Å². The fourth-order valence-electron chi connectivity index (χ4n) is 3.10. The second-order valence-electron chi connectivity index (χ2n) is 6.21. The van der Waals surface area contributed by atoms with Crippen LogP contribution in [-0.4, -0.2) is 50.2 Å². The second kappa shape index (κ2) is 7.35. The van der Waals surface area contributed by atoms with Crippen molar-refractivity contribution in [2.45, 2.75) is 18.9 Å². The zero-order chi connectivity index (χ0) is 17.8. The number of rotatable bonds is 4. The van der Waals surface area contributed by atoms with Gasteiger partial charge in [-0.05, 0) is 18.9 Å². The molecule has 4 rings (SSSR count). The molecule has 132 valence electrons. The van der Waals surface area contributed by atoms with Gasteiger partial charge >= 0.3 is 0 Å². The number of hydrogen-bond acceptors (Lipinski definition) is 5. The normalized spacial score (nSPS) is 17.1. The van der Waals surface area contributed by atoms with E-state index >= 15 is 0 Å². The molecule has 3 heterocycles. The van der Waals surface area contributed by atoms with Gasteiger partial charge in [0.05, 0.1) is 12.2 Å². The molecule has 1 N–H and O–H groups in total. The number of H-pyrrole nitrogens is 1. The molecule has 1 fully saturated rings. The van der Waals surface area contributed by atoms with Crippen LogP contribution in [0.2, 0.25) is 0 Å². The summed E-state index contributed by atoms with van der Waals surface area (Å²) in [6.45, 7) is 1.24. The van der Waals surface area contributed by atoms with Gasteiger partial charge in [0.1, 0.15) is 18.1 Å². The number of hydrogen-bond donors (Lipinski definition) is 1. The van der Waals surface area contributed by atoms with E-state index in [4.69, 9.17) is 4.74 Å². The van der Waals surface area contributed by atoms with Crippen LogP contribution < -0.4 is 4.74 Å². The lowest BCUT2D eigenvalue weighted by Gasteiger charge is -2.32. The van der Waals surface area contributed by atoms with Crippen molar-refractivity contribution in [1.29, 1.82) is 0 Å². The molecular formula is C19H19N5O2. The highest BCUT2D eigenvalue weighted by Crippen LogP contribution is 2.20. The lowest BCUT2D eigenvalue weighted by molar-refractivity contribution is 0.0522. The van der Waals surface area contributed by atoms with Gasteiger partial charge in [-0.25, -0.2) is 9.97 Å². The van der Waals surface area contributed by atoms with Crippen LogP contribution in [-0.2, 0) is 0 Å². The van der Waals surface area contributed by atoms with Crippen molar-refractivity contribution in [1.82, 2.24) is 25.1 Å². The van der Waals surface area contributed by atoms with Gasteiger partial charge in [0.15, 0.2) is 0 Å². The standard InChI is InChI=1S/C19H19N5O2/c25-19(17-11-16(22-23-17)14-5-2-1-3-6-14)24-10-4-7-15(12-24)26-18-8-9-20-13-21-18/h1-3,5-6,8-9,11,13,15H,4,7,10,12H2,(H,22,23)/t15-/m0/s1. The van der Waals surface area contributed by atoms with Gasteiger partial charge in [-0.2, -0.15) is 5.10 Å². The topological polar surface area (TPSA) is 84.0 Å². The predicted octanol–water partition coefficient (Wildman–Crippen LogP) is 2.55. The first kappa shape index (κ1) is 16.3. The summed E-state index contributed by atoms with van der Waals surface area (Å²) in [7, 11) is 0. The van der Waals surface area contributed by atoms with Crippen molar-refractivity contribution in [2.75, 3.05) is 13.1 Å². The molecule has 7 nitrogen and oxygen atoms in total. The van der Waals surface area contributed by atoms with Gasteiger partial charge < -0.3 is 9.64 Å². The van der Waals surface area contributed by atoms with E-state index in [0.29, 0.717) is 24.7 Å². The molecule has 1 aromatic carbocycles. The summed E-state index contributed by atoms with van der Waals surface area (Å²) in [6.07, 6.45) is 4.81. The number of likely N-dealkylation sites (tertiary alicyclic amines) is 1. The molecule has 1 amide bonds. The number of benzene rings is 1. The SMILES string of the molecule is O=C(c1cc(-c2ccccc2)n[nH]1)N1CCC[C@H](Oc2ccncn2)C1. The zero-order valence-electron chi connectivity index (χ0n) is 14.2. The van der Waals surface area contributed by atoms with Gasteiger partial charge in [0.25, 0.3) is 5.91 Å². The first-order chi connectivity index (χ1) is 12.8. The maximum Gasteiger partial charge on any atom is 0.272 e. The summed E-state index contributed by atoms with van der Waals surface area (Å²) < 4.78 is 5.88. The molecule has 0 saturated carbocycles. The molecule has 26 heavy (non-hydrogen) atoms. The summed E-state index contributed by atoms with van der Waals surface area (Å²) in [5.41, 5.74) is 2.23. The molecule has 0 bridgehead atoms. The maximum atomic E-state index is 12.8. The van der Waals surface area contributed by atoms with Crippen LogP contribution in [0.4, 0.5) is 0 Å². The Morgan fingerprint density at radius 1 is 1.23 bits per heavy atom. The summed E-state index contributed by atoms with van der Waals surface area (Å²) in [4.78, 5) is 22.6. The van der Waals surface area contributed by atoms with Crippen molar-refractivity contribution >= 4 is 5.91 Å². The predicted molar refractivity (Wildman–Crippen MR) is 95.6 cm³/mol. The number of aromatic nitrogens is 4. The summed E-state index contributed by atoms with van der Waals surface area (Å²) in [5, 5.41) is 7.13. The number of carbonyl (C=O) groups excluding carboxylic acids is 1. The number of nitrogens with zero attached hydrogens (tertiary/aromatic N) is 4. The van der Waals surface area contributed by atoms with Crippen molar-refractivity contribution in [3.63, 3.8) is 0 Å². The third kappa shape index (κ3) is 3.56. The van der Waals surface area contributed by atoms with Crippen LogP contribution in [0.3, 0.4) is 0 Å². The number of carbonyl (C=O) groups is 1. The Balaban J connectivity index is 1.44. The molecule has 1 atom stereocenters. The maximum absolute atomic E-state index is 12.8. The summed E-state index contributed by atoms with van der Waals surface area (Å²) in [6, 6.07) is 13.3. The van der Waals surface area contributed by atoms with Gasteiger partial charge in [-0.3, -0.25) is 9.89 Å². The van der Waals surface area contributed by atoms with Crippen LogP contribution in [0.25, 0.3) is 11.3 Å². The van der Waals surface area contributed by atoms with Crippen molar-refractivity contribution in [3.8, 4) is 17.1 Å².